The molecule has 2 rings (SSSR count). The van der Waals surface area contributed by atoms with Gasteiger partial charge in [0.25, 0.3) is 0 Å². The summed E-state index contributed by atoms with van der Waals surface area (Å²) in [5, 5.41) is 2.31. The molecular formula is C14H17NO2. The Balaban J connectivity index is 2.45. The third kappa shape index (κ3) is 2.57. The Morgan fingerprint density at radius 1 is 1.06 bits per heavy atom. The monoisotopic (exact) mass is 231 g/mol. The lowest BCUT2D eigenvalue weighted by atomic mass is 10.0. The zero-order valence-electron chi connectivity index (χ0n) is 9.98. The fourth-order valence-corrected chi connectivity index (χ4v) is 1.97. The van der Waals surface area contributed by atoms with Crippen LogP contribution in [-0.2, 0) is 11.2 Å². The smallest absolute Gasteiger partial charge is 0.188 e. The van der Waals surface area contributed by atoms with Crippen molar-refractivity contribution in [1.29, 1.82) is 0 Å². The van der Waals surface area contributed by atoms with Crippen molar-refractivity contribution < 1.29 is 9.47 Å². The van der Waals surface area contributed by atoms with Crippen LogP contribution in [0.25, 0.3) is 10.8 Å². The second kappa shape index (κ2) is 5.66. The molecule has 0 aliphatic carbocycles. The summed E-state index contributed by atoms with van der Waals surface area (Å²) in [6.07, 6.45) is 0.880. The van der Waals surface area contributed by atoms with Crippen LogP contribution in [-0.4, -0.2) is 20.4 Å². The molecule has 0 saturated carbocycles. The predicted molar refractivity (Wildman–Crippen MR) is 69.2 cm³/mol. The van der Waals surface area contributed by atoms with E-state index in [4.69, 9.17) is 15.2 Å². The quantitative estimate of drug-likeness (QED) is 0.803. The van der Waals surface area contributed by atoms with Crippen LogP contribution >= 0.6 is 0 Å². The maximum absolute atomic E-state index is 5.62. The van der Waals surface area contributed by atoms with E-state index in [1.807, 2.05) is 18.2 Å². The van der Waals surface area contributed by atoms with Gasteiger partial charge in [-0.1, -0.05) is 30.3 Å². The Bertz CT molecular complexity index is 497. The van der Waals surface area contributed by atoms with Gasteiger partial charge in [-0.25, -0.2) is 0 Å². The standard InChI is InChI=1S/C14H17NO2/c1-16-10-17-14-7-3-5-12-11(8-9-15)4-2-6-13(12)14/h2-7H,8-10,15H2,1H3. The van der Waals surface area contributed by atoms with Gasteiger partial charge in [0.15, 0.2) is 6.79 Å². The molecule has 0 spiro atoms. The van der Waals surface area contributed by atoms with E-state index in [0.717, 1.165) is 17.6 Å². The third-order valence-corrected chi connectivity index (χ3v) is 2.72. The topological polar surface area (TPSA) is 44.5 Å². The van der Waals surface area contributed by atoms with E-state index in [9.17, 15) is 0 Å². The maximum atomic E-state index is 5.62. The van der Waals surface area contributed by atoms with Gasteiger partial charge in [-0.15, -0.1) is 0 Å². The number of fused-ring (bicyclic) bond motifs is 1. The highest BCUT2D eigenvalue weighted by Crippen LogP contribution is 2.28. The number of hydrogen-bond acceptors (Lipinski definition) is 3. The first-order chi connectivity index (χ1) is 8.36. The molecule has 3 heteroatoms. The van der Waals surface area contributed by atoms with Crippen LogP contribution in [0.15, 0.2) is 36.4 Å². The minimum Gasteiger partial charge on any atom is -0.467 e. The molecule has 0 saturated heterocycles. The first-order valence-corrected chi connectivity index (χ1v) is 5.69. The van der Waals surface area contributed by atoms with Crippen LogP contribution in [0.1, 0.15) is 5.56 Å². The SMILES string of the molecule is COCOc1cccc2c(CCN)cccc12. The molecule has 3 nitrogen and oxygen atoms in total. The lowest BCUT2D eigenvalue weighted by Gasteiger charge is -2.10. The molecule has 0 aromatic heterocycles. The fraction of sp³-hybridized carbons (Fsp3) is 0.286. The summed E-state index contributed by atoms with van der Waals surface area (Å²) in [6.45, 7) is 0.919. The molecule has 2 N–H and O–H groups in total. The lowest BCUT2D eigenvalue weighted by Crippen LogP contribution is -2.03. The van der Waals surface area contributed by atoms with Gasteiger partial charge < -0.3 is 15.2 Å². The summed E-state index contributed by atoms with van der Waals surface area (Å²) < 4.78 is 10.5. The molecule has 0 heterocycles. The van der Waals surface area contributed by atoms with Crippen molar-refractivity contribution in [3.8, 4) is 5.75 Å². The van der Waals surface area contributed by atoms with Crippen molar-refractivity contribution in [2.24, 2.45) is 5.73 Å². The molecule has 90 valence electrons. The zero-order chi connectivity index (χ0) is 12.1. The van der Waals surface area contributed by atoms with Crippen molar-refractivity contribution in [3.63, 3.8) is 0 Å². The lowest BCUT2D eigenvalue weighted by molar-refractivity contribution is 0.0522. The molecule has 17 heavy (non-hydrogen) atoms. The second-order valence-electron chi connectivity index (χ2n) is 3.86. The van der Waals surface area contributed by atoms with Crippen molar-refractivity contribution in [2.75, 3.05) is 20.4 Å². The molecule has 0 fully saturated rings. The van der Waals surface area contributed by atoms with Crippen molar-refractivity contribution >= 4 is 10.8 Å². The van der Waals surface area contributed by atoms with E-state index in [-0.39, 0.29) is 6.79 Å². The highest BCUT2D eigenvalue weighted by molar-refractivity contribution is 5.90. The minimum absolute atomic E-state index is 0.264. The highest BCUT2D eigenvalue weighted by Gasteiger charge is 2.04. The number of benzene rings is 2. The van der Waals surface area contributed by atoms with Gasteiger partial charge in [0, 0.05) is 12.5 Å². The van der Waals surface area contributed by atoms with Crippen LogP contribution in [0.3, 0.4) is 0 Å². The van der Waals surface area contributed by atoms with Crippen LogP contribution in [0.5, 0.6) is 5.75 Å². The normalized spacial score (nSPS) is 10.7. The van der Waals surface area contributed by atoms with E-state index < -0.39 is 0 Å². The van der Waals surface area contributed by atoms with Crippen molar-refractivity contribution in [2.45, 2.75) is 6.42 Å². The first-order valence-electron chi connectivity index (χ1n) is 5.69. The molecule has 0 atom stereocenters. The van der Waals surface area contributed by atoms with Crippen molar-refractivity contribution in [1.82, 2.24) is 0 Å². The Morgan fingerprint density at radius 3 is 2.59 bits per heavy atom. The molecular weight excluding hydrogens is 214 g/mol. The Kier molecular flexibility index (Phi) is 3.96. The van der Waals surface area contributed by atoms with Crippen LogP contribution in [0.4, 0.5) is 0 Å². The second-order valence-corrected chi connectivity index (χ2v) is 3.86. The third-order valence-electron chi connectivity index (χ3n) is 2.72. The van der Waals surface area contributed by atoms with Crippen LogP contribution in [0.2, 0.25) is 0 Å². The van der Waals surface area contributed by atoms with E-state index in [1.165, 1.54) is 10.9 Å². The molecule has 0 bridgehead atoms. The van der Waals surface area contributed by atoms with Crippen LogP contribution in [0, 0.1) is 0 Å². The van der Waals surface area contributed by atoms with Gasteiger partial charge in [-0.3, -0.25) is 0 Å². The summed E-state index contributed by atoms with van der Waals surface area (Å²) in [5.74, 6) is 0.850. The van der Waals surface area contributed by atoms with Gasteiger partial charge in [0.1, 0.15) is 5.75 Å². The molecule has 0 unspecified atom stereocenters. The van der Waals surface area contributed by atoms with E-state index in [2.05, 4.69) is 18.2 Å². The largest absolute Gasteiger partial charge is 0.467 e. The van der Waals surface area contributed by atoms with Gasteiger partial charge in [0.2, 0.25) is 0 Å². The molecule has 0 aliphatic heterocycles. The number of methoxy groups -OCH3 is 1. The summed E-state index contributed by atoms with van der Waals surface area (Å²) in [5.41, 5.74) is 6.88. The Hall–Kier alpha value is -1.58. The average molecular weight is 231 g/mol. The molecule has 0 amide bonds. The van der Waals surface area contributed by atoms with Crippen LogP contribution < -0.4 is 10.5 Å². The fourth-order valence-electron chi connectivity index (χ4n) is 1.97. The summed E-state index contributed by atoms with van der Waals surface area (Å²) in [7, 11) is 1.62. The first kappa shape index (κ1) is 11.9. The maximum Gasteiger partial charge on any atom is 0.188 e. The predicted octanol–water partition coefficient (Wildman–Crippen LogP) is 2.32. The zero-order valence-corrected chi connectivity index (χ0v) is 9.98. The van der Waals surface area contributed by atoms with Gasteiger partial charge in [-0.05, 0) is 30.0 Å². The Morgan fingerprint density at radius 2 is 1.82 bits per heavy atom. The van der Waals surface area contributed by atoms with E-state index in [1.54, 1.807) is 7.11 Å². The van der Waals surface area contributed by atoms with E-state index in [0.29, 0.717) is 6.54 Å². The number of rotatable bonds is 5. The molecule has 2 aromatic carbocycles. The number of hydrogen-bond donors (Lipinski definition) is 1. The molecule has 0 aliphatic rings. The average Bonchev–Trinajstić information content (AvgIpc) is 2.37. The molecule has 2 aromatic rings. The number of ether oxygens (including phenoxy) is 2. The summed E-state index contributed by atoms with van der Waals surface area (Å²) in [6, 6.07) is 12.2. The number of nitrogens with two attached hydrogens (primary N) is 1. The molecule has 0 radical (unpaired) electrons. The Labute approximate surface area is 101 Å². The van der Waals surface area contributed by atoms with E-state index >= 15 is 0 Å². The van der Waals surface area contributed by atoms with Gasteiger partial charge in [-0.2, -0.15) is 0 Å². The highest BCUT2D eigenvalue weighted by atomic mass is 16.7. The summed E-state index contributed by atoms with van der Waals surface area (Å²) in [4.78, 5) is 0. The summed E-state index contributed by atoms with van der Waals surface area (Å²) >= 11 is 0. The van der Waals surface area contributed by atoms with Crippen molar-refractivity contribution in [3.05, 3.63) is 42.0 Å². The van der Waals surface area contributed by atoms with Gasteiger partial charge in [0.05, 0.1) is 0 Å². The minimum atomic E-state index is 0.264. The van der Waals surface area contributed by atoms with Gasteiger partial charge >= 0.3 is 0 Å².